The molecule has 0 unspecified atom stereocenters. The molecule has 0 spiro atoms. The average molecular weight is 284 g/mol. The van der Waals surface area contributed by atoms with E-state index in [1.54, 1.807) is 37.4 Å². The lowest BCUT2D eigenvalue weighted by Gasteiger charge is -2.18. The maximum absolute atomic E-state index is 12.1. The predicted molar refractivity (Wildman–Crippen MR) is 83.8 cm³/mol. The lowest BCUT2D eigenvalue weighted by molar-refractivity contribution is -0.125. The van der Waals surface area contributed by atoms with E-state index in [1.165, 1.54) is 0 Å². The smallest absolute Gasteiger partial charge is 0.251 e. The molecule has 1 aromatic rings. The zero-order valence-corrected chi connectivity index (χ0v) is 12.2. The first kappa shape index (κ1) is 15.0. The van der Waals surface area contributed by atoms with Gasteiger partial charge in [-0.15, -0.1) is 6.58 Å². The van der Waals surface area contributed by atoms with E-state index in [4.69, 9.17) is 0 Å². The molecule has 0 heterocycles. The number of benzene rings is 1. The largest absolute Gasteiger partial charge is 0.355 e. The molecule has 0 atom stereocenters. The molecular weight excluding hydrogens is 264 g/mol. The Morgan fingerprint density at radius 2 is 2.00 bits per heavy atom. The van der Waals surface area contributed by atoms with Crippen LogP contribution < -0.4 is 5.32 Å². The summed E-state index contributed by atoms with van der Waals surface area (Å²) in [5.41, 5.74) is 1.50. The molecule has 2 rings (SSSR count). The topological polar surface area (TPSA) is 49.4 Å². The van der Waals surface area contributed by atoms with Crippen molar-refractivity contribution in [2.24, 2.45) is 0 Å². The van der Waals surface area contributed by atoms with Crippen LogP contribution in [0.3, 0.4) is 0 Å². The SMILES string of the molecule is C=CCN(C(=O)C=Cc1ccc(C(=O)NC)cc1)C1CC1. The molecule has 0 saturated heterocycles. The Balaban J connectivity index is 2.01. The lowest BCUT2D eigenvalue weighted by Crippen LogP contribution is -2.31. The highest BCUT2D eigenvalue weighted by Gasteiger charge is 2.30. The van der Waals surface area contributed by atoms with Crippen molar-refractivity contribution >= 4 is 17.9 Å². The molecule has 1 saturated carbocycles. The predicted octanol–water partition coefficient (Wildman–Crippen LogP) is 2.24. The first-order chi connectivity index (χ1) is 10.2. The van der Waals surface area contributed by atoms with Crippen molar-refractivity contribution in [3.8, 4) is 0 Å². The molecule has 1 aliphatic carbocycles. The third-order valence-corrected chi connectivity index (χ3v) is 3.41. The van der Waals surface area contributed by atoms with Crippen LogP contribution in [0.15, 0.2) is 43.0 Å². The van der Waals surface area contributed by atoms with E-state index in [9.17, 15) is 9.59 Å². The molecule has 110 valence electrons. The summed E-state index contributed by atoms with van der Waals surface area (Å²) < 4.78 is 0. The fraction of sp³-hybridized carbons (Fsp3) is 0.294. The van der Waals surface area contributed by atoms with E-state index in [0.717, 1.165) is 18.4 Å². The highest BCUT2D eigenvalue weighted by molar-refractivity contribution is 5.95. The summed E-state index contributed by atoms with van der Waals surface area (Å²) in [6.07, 6.45) is 7.26. The van der Waals surface area contributed by atoms with E-state index in [-0.39, 0.29) is 11.8 Å². The summed E-state index contributed by atoms with van der Waals surface area (Å²) in [7, 11) is 1.60. The molecule has 0 bridgehead atoms. The van der Waals surface area contributed by atoms with E-state index in [1.807, 2.05) is 17.0 Å². The third-order valence-electron chi connectivity index (χ3n) is 3.41. The molecule has 1 aromatic carbocycles. The second-order valence-electron chi connectivity index (χ2n) is 5.04. The first-order valence-electron chi connectivity index (χ1n) is 7.07. The zero-order chi connectivity index (χ0) is 15.2. The fourth-order valence-corrected chi connectivity index (χ4v) is 2.10. The van der Waals surface area contributed by atoms with Crippen molar-refractivity contribution in [3.05, 3.63) is 54.1 Å². The highest BCUT2D eigenvalue weighted by atomic mass is 16.2. The Labute approximate surface area is 125 Å². The minimum atomic E-state index is -0.118. The Hall–Kier alpha value is -2.36. The molecular formula is C17H20N2O2. The Morgan fingerprint density at radius 1 is 1.33 bits per heavy atom. The maximum atomic E-state index is 12.1. The Morgan fingerprint density at radius 3 is 2.52 bits per heavy atom. The van der Waals surface area contributed by atoms with E-state index in [2.05, 4.69) is 11.9 Å². The molecule has 2 amide bonds. The van der Waals surface area contributed by atoms with Gasteiger partial charge in [-0.3, -0.25) is 9.59 Å². The number of carbonyl (C=O) groups is 2. The van der Waals surface area contributed by atoms with Crippen molar-refractivity contribution < 1.29 is 9.59 Å². The van der Waals surface area contributed by atoms with Gasteiger partial charge in [0.25, 0.3) is 5.91 Å². The summed E-state index contributed by atoms with van der Waals surface area (Å²) in [6.45, 7) is 4.28. The normalized spacial score (nSPS) is 14.0. The summed E-state index contributed by atoms with van der Waals surface area (Å²) >= 11 is 0. The number of carbonyl (C=O) groups excluding carboxylic acids is 2. The van der Waals surface area contributed by atoms with E-state index < -0.39 is 0 Å². The fourth-order valence-electron chi connectivity index (χ4n) is 2.10. The summed E-state index contributed by atoms with van der Waals surface area (Å²) in [4.78, 5) is 25.4. The second kappa shape index (κ2) is 6.88. The summed E-state index contributed by atoms with van der Waals surface area (Å²) in [5, 5.41) is 2.57. The zero-order valence-electron chi connectivity index (χ0n) is 12.2. The van der Waals surface area contributed by atoms with Gasteiger partial charge in [0.2, 0.25) is 5.91 Å². The van der Waals surface area contributed by atoms with Crippen LogP contribution in [0.4, 0.5) is 0 Å². The molecule has 1 aliphatic rings. The third kappa shape index (κ3) is 4.05. The van der Waals surface area contributed by atoms with Crippen LogP contribution >= 0.6 is 0 Å². The van der Waals surface area contributed by atoms with Crippen LogP contribution in [0.5, 0.6) is 0 Å². The number of amides is 2. The minimum absolute atomic E-state index is 0.00720. The van der Waals surface area contributed by atoms with Gasteiger partial charge in [-0.1, -0.05) is 18.2 Å². The average Bonchev–Trinajstić information content (AvgIpc) is 3.34. The monoisotopic (exact) mass is 284 g/mol. The maximum Gasteiger partial charge on any atom is 0.251 e. The van der Waals surface area contributed by atoms with Crippen molar-refractivity contribution in [1.82, 2.24) is 10.2 Å². The van der Waals surface area contributed by atoms with Gasteiger partial charge in [0.1, 0.15) is 0 Å². The molecule has 4 heteroatoms. The van der Waals surface area contributed by atoms with Gasteiger partial charge in [-0.05, 0) is 36.6 Å². The molecule has 1 N–H and O–H groups in total. The van der Waals surface area contributed by atoms with Gasteiger partial charge < -0.3 is 10.2 Å². The molecule has 0 aliphatic heterocycles. The molecule has 0 radical (unpaired) electrons. The molecule has 4 nitrogen and oxygen atoms in total. The standard InChI is InChI=1S/C17H20N2O2/c1-3-12-19(15-9-10-15)16(20)11-6-13-4-7-14(8-5-13)17(21)18-2/h3-8,11,15H,1,9-10,12H2,2H3,(H,18,21). The number of rotatable bonds is 6. The number of hydrogen-bond acceptors (Lipinski definition) is 2. The summed E-state index contributed by atoms with van der Waals surface area (Å²) in [5.74, 6) is -0.111. The van der Waals surface area contributed by atoms with Gasteiger partial charge in [0, 0.05) is 31.3 Å². The van der Waals surface area contributed by atoms with Gasteiger partial charge in [0.15, 0.2) is 0 Å². The summed E-state index contributed by atoms with van der Waals surface area (Å²) in [6, 6.07) is 7.50. The van der Waals surface area contributed by atoms with Crippen LogP contribution in [-0.2, 0) is 4.79 Å². The van der Waals surface area contributed by atoms with Crippen LogP contribution in [0, 0.1) is 0 Å². The molecule has 21 heavy (non-hydrogen) atoms. The van der Waals surface area contributed by atoms with Gasteiger partial charge >= 0.3 is 0 Å². The first-order valence-corrected chi connectivity index (χ1v) is 7.07. The van der Waals surface area contributed by atoms with Gasteiger partial charge in [0.05, 0.1) is 0 Å². The van der Waals surface area contributed by atoms with Crippen LogP contribution in [0.1, 0.15) is 28.8 Å². The quantitative estimate of drug-likeness (QED) is 0.643. The van der Waals surface area contributed by atoms with Gasteiger partial charge in [-0.25, -0.2) is 0 Å². The number of nitrogens with one attached hydrogen (secondary N) is 1. The van der Waals surface area contributed by atoms with Gasteiger partial charge in [-0.2, -0.15) is 0 Å². The molecule has 1 fully saturated rings. The van der Waals surface area contributed by atoms with Crippen LogP contribution in [-0.4, -0.2) is 36.3 Å². The lowest BCUT2D eigenvalue weighted by atomic mass is 10.1. The van der Waals surface area contributed by atoms with Crippen LogP contribution in [0.25, 0.3) is 6.08 Å². The molecule has 0 aromatic heterocycles. The van der Waals surface area contributed by atoms with Crippen molar-refractivity contribution in [3.63, 3.8) is 0 Å². The number of hydrogen-bond donors (Lipinski definition) is 1. The van der Waals surface area contributed by atoms with E-state index >= 15 is 0 Å². The minimum Gasteiger partial charge on any atom is -0.355 e. The van der Waals surface area contributed by atoms with Crippen molar-refractivity contribution in [1.29, 1.82) is 0 Å². The second-order valence-corrected chi connectivity index (χ2v) is 5.04. The number of nitrogens with zero attached hydrogens (tertiary/aromatic N) is 1. The van der Waals surface area contributed by atoms with Crippen molar-refractivity contribution in [2.75, 3.05) is 13.6 Å². The Kier molecular flexibility index (Phi) is 4.93. The van der Waals surface area contributed by atoms with Crippen molar-refractivity contribution in [2.45, 2.75) is 18.9 Å². The highest BCUT2D eigenvalue weighted by Crippen LogP contribution is 2.27. The Bertz CT molecular complexity index is 557. The van der Waals surface area contributed by atoms with Crippen LogP contribution in [0.2, 0.25) is 0 Å². The van der Waals surface area contributed by atoms with E-state index in [0.29, 0.717) is 18.2 Å².